The first-order valence-electron chi connectivity index (χ1n) is 8.08. The summed E-state index contributed by atoms with van der Waals surface area (Å²) in [6.07, 6.45) is 16.0. The van der Waals surface area contributed by atoms with Crippen LogP contribution in [0.2, 0.25) is 0 Å². The number of piperidine rings is 1. The van der Waals surface area contributed by atoms with E-state index in [2.05, 4.69) is 37.0 Å². The largest absolute Gasteiger partial charge is 0.317 e. The molecule has 1 nitrogen and oxygen atoms in total. The zero-order chi connectivity index (χ0) is 13.5. The topological polar surface area (TPSA) is 12.0 Å². The molecule has 1 aliphatic carbocycles. The Labute approximate surface area is 118 Å². The quantitative estimate of drug-likeness (QED) is 0.686. The van der Waals surface area contributed by atoms with Crippen LogP contribution in [0.15, 0.2) is 36.0 Å². The van der Waals surface area contributed by atoms with Gasteiger partial charge in [-0.25, -0.2) is 0 Å². The molecule has 0 aromatic heterocycles. The first kappa shape index (κ1) is 14.6. The normalized spacial score (nSPS) is 22.1. The van der Waals surface area contributed by atoms with Crippen molar-refractivity contribution in [3.8, 4) is 0 Å². The van der Waals surface area contributed by atoms with Crippen molar-refractivity contribution in [2.24, 2.45) is 11.8 Å². The number of rotatable bonds is 6. The van der Waals surface area contributed by atoms with Gasteiger partial charge in [-0.1, -0.05) is 43.7 Å². The summed E-state index contributed by atoms with van der Waals surface area (Å²) in [6, 6.07) is 0. The lowest BCUT2D eigenvalue weighted by Crippen LogP contribution is -2.33. The minimum absolute atomic E-state index is 0.616. The number of allylic oxidation sites excluding steroid dienone is 5. The zero-order valence-corrected chi connectivity index (χ0v) is 12.5. The molecule has 0 aromatic rings. The predicted octanol–water partition coefficient (Wildman–Crippen LogP) is 4.63. The molecule has 2 aliphatic rings. The monoisotopic (exact) mass is 259 g/mol. The van der Waals surface area contributed by atoms with E-state index in [0.29, 0.717) is 5.92 Å². The zero-order valence-electron chi connectivity index (χ0n) is 12.5. The highest BCUT2D eigenvalue weighted by Crippen LogP contribution is 2.37. The van der Waals surface area contributed by atoms with E-state index in [1.54, 1.807) is 5.57 Å². The lowest BCUT2D eigenvalue weighted by molar-refractivity contribution is 0.313. The smallest absolute Gasteiger partial charge is 0.00714 e. The van der Waals surface area contributed by atoms with Crippen molar-refractivity contribution in [2.45, 2.75) is 51.9 Å². The van der Waals surface area contributed by atoms with Gasteiger partial charge in [-0.3, -0.25) is 0 Å². The second-order valence-corrected chi connectivity index (χ2v) is 6.01. The van der Waals surface area contributed by atoms with Crippen molar-refractivity contribution >= 4 is 0 Å². The van der Waals surface area contributed by atoms with Gasteiger partial charge >= 0.3 is 0 Å². The summed E-state index contributed by atoms with van der Waals surface area (Å²) in [7, 11) is 0. The van der Waals surface area contributed by atoms with E-state index in [1.807, 2.05) is 0 Å². The Kier molecular flexibility index (Phi) is 5.91. The highest BCUT2D eigenvalue weighted by atomic mass is 14.9. The molecule has 1 aliphatic heterocycles. The van der Waals surface area contributed by atoms with E-state index in [-0.39, 0.29) is 0 Å². The number of hydrogen-bond acceptors (Lipinski definition) is 1. The minimum atomic E-state index is 0.616. The standard InChI is InChI=1S/C18H29N/c1-3-4-8-15(2)18(16-9-6-5-7-10-16)17-11-13-19-14-12-17/h6,9-10,17-19H,2-5,7-8,11-14H2,1H3. The summed E-state index contributed by atoms with van der Waals surface area (Å²) in [4.78, 5) is 0. The van der Waals surface area contributed by atoms with Gasteiger partial charge in [0.15, 0.2) is 0 Å². The van der Waals surface area contributed by atoms with Gasteiger partial charge in [0, 0.05) is 5.92 Å². The Morgan fingerprint density at radius 1 is 1.37 bits per heavy atom. The number of nitrogens with one attached hydrogen (secondary N) is 1. The van der Waals surface area contributed by atoms with Gasteiger partial charge in [-0.05, 0) is 63.1 Å². The van der Waals surface area contributed by atoms with Gasteiger partial charge in [0.2, 0.25) is 0 Å². The molecule has 1 N–H and O–H groups in total. The predicted molar refractivity (Wildman–Crippen MR) is 84.2 cm³/mol. The van der Waals surface area contributed by atoms with Gasteiger partial charge in [0.1, 0.15) is 0 Å². The highest BCUT2D eigenvalue weighted by Gasteiger charge is 2.27. The minimum Gasteiger partial charge on any atom is -0.317 e. The lowest BCUT2D eigenvalue weighted by atomic mass is 9.74. The van der Waals surface area contributed by atoms with Crippen molar-refractivity contribution in [3.05, 3.63) is 36.0 Å². The fourth-order valence-electron chi connectivity index (χ4n) is 3.44. The third-order valence-electron chi connectivity index (χ3n) is 4.53. The molecule has 0 aromatic carbocycles. The molecule has 0 saturated carbocycles. The molecule has 0 bridgehead atoms. The van der Waals surface area contributed by atoms with Crippen LogP contribution in [-0.2, 0) is 0 Å². The summed E-state index contributed by atoms with van der Waals surface area (Å²) in [5.74, 6) is 1.42. The molecular weight excluding hydrogens is 230 g/mol. The van der Waals surface area contributed by atoms with Gasteiger partial charge in [-0.15, -0.1) is 0 Å². The second kappa shape index (κ2) is 7.69. The van der Waals surface area contributed by atoms with Crippen LogP contribution in [0.1, 0.15) is 51.9 Å². The Hall–Kier alpha value is -0.820. The van der Waals surface area contributed by atoms with Crippen molar-refractivity contribution < 1.29 is 0 Å². The molecule has 106 valence electrons. The summed E-state index contributed by atoms with van der Waals surface area (Å²) in [5, 5.41) is 3.49. The molecule has 19 heavy (non-hydrogen) atoms. The maximum Gasteiger partial charge on any atom is 0.00714 e. The van der Waals surface area contributed by atoms with E-state index in [0.717, 1.165) is 5.92 Å². The third-order valence-corrected chi connectivity index (χ3v) is 4.53. The average Bonchev–Trinajstić information content (AvgIpc) is 2.47. The Morgan fingerprint density at radius 2 is 2.16 bits per heavy atom. The maximum absolute atomic E-state index is 4.45. The van der Waals surface area contributed by atoms with E-state index >= 15 is 0 Å². The molecule has 0 amide bonds. The summed E-state index contributed by atoms with van der Waals surface area (Å²) in [5.41, 5.74) is 3.03. The van der Waals surface area contributed by atoms with Crippen molar-refractivity contribution in [3.63, 3.8) is 0 Å². The van der Waals surface area contributed by atoms with E-state index < -0.39 is 0 Å². The fourth-order valence-corrected chi connectivity index (χ4v) is 3.44. The van der Waals surface area contributed by atoms with Crippen molar-refractivity contribution in [1.82, 2.24) is 5.32 Å². The van der Waals surface area contributed by atoms with Crippen LogP contribution in [0.5, 0.6) is 0 Å². The summed E-state index contributed by atoms with van der Waals surface area (Å²) >= 11 is 0. The van der Waals surface area contributed by atoms with Gasteiger partial charge < -0.3 is 5.32 Å². The van der Waals surface area contributed by atoms with Gasteiger partial charge in [0.25, 0.3) is 0 Å². The van der Waals surface area contributed by atoms with E-state index in [1.165, 1.54) is 63.6 Å². The molecule has 0 spiro atoms. The fraction of sp³-hybridized carbons (Fsp3) is 0.667. The van der Waals surface area contributed by atoms with Crippen LogP contribution in [0.4, 0.5) is 0 Å². The average molecular weight is 259 g/mol. The van der Waals surface area contributed by atoms with Crippen LogP contribution in [0.3, 0.4) is 0 Å². The Bertz CT molecular complexity index is 345. The first-order chi connectivity index (χ1) is 9.33. The highest BCUT2D eigenvalue weighted by molar-refractivity contribution is 5.32. The molecule has 2 rings (SSSR count). The van der Waals surface area contributed by atoms with Crippen molar-refractivity contribution in [2.75, 3.05) is 13.1 Å². The number of unbranched alkanes of at least 4 members (excludes halogenated alkanes) is 1. The van der Waals surface area contributed by atoms with Crippen molar-refractivity contribution in [1.29, 1.82) is 0 Å². The van der Waals surface area contributed by atoms with Crippen LogP contribution < -0.4 is 5.32 Å². The molecule has 1 saturated heterocycles. The SMILES string of the molecule is C=C(CCCC)C(C1=CCCC=C1)C1CCNCC1. The second-order valence-electron chi connectivity index (χ2n) is 6.01. The van der Waals surface area contributed by atoms with E-state index in [9.17, 15) is 0 Å². The van der Waals surface area contributed by atoms with Crippen LogP contribution in [0, 0.1) is 11.8 Å². The summed E-state index contributed by atoms with van der Waals surface area (Å²) < 4.78 is 0. The van der Waals surface area contributed by atoms with E-state index in [4.69, 9.17) is 0 Å². The third kappa shape index (κ3) is 4.07. The molecular formula is C18H29N. The molecule has 1 heterocycles. The maximum atomic E-state index is 4.45. The van der Waals surface area contributed by atoms with Crippen LogP contribution in [0.25, 0.3) is 0 Å². The first-order valence-corrected chi connectivity index (χ1v) is 8.08. The number of hydrogen-bond donors (Lipinski definition) is 1. The Morgan fingerprint density at radius 3 is 2.79 bits per heavy atom. The molecule has 1 heteroatoms. The van der Waals surface area contributed by atoms with Gasteiger partial charge in [0.05, 0.1) is 0 Å². The molecule has 1 unspecified atom stereocenters. The molecule has 1 fully saturated rings. The molecule has 1 atom stereocenters. The molecule has 0 radical (unpaired) electrons. The Balaban J connectivity index is 2.09. The van der Waals surface area contributed by atoms with Crippen LogP contribution in [-0.4, -0.2) is 13.1 Å². The summed E-state index contributed by atoms with van der Waals surface area (Å²) in [6.45, 7) is 9.08. The van der Waals surface area contributed by atoms with Crippen LogP contribution >= 0.6 is 0 Å². The lowest BCUT2D eigenvalue weighted by Gasteiger charge is -2.34. The van der Waals surface area contributed by atoms with Gasteiger partial charge in [-0.2, -0.15) is 0 Å².